The normalized spacial score (nSPS) is 10.8. The lowest BCUT2D eigenvalue weighted by atomic mass is 10.1. The van der Waals surface area contributed by atoms with E-state index in [1.807, 2.05) is 0 Å². The Bertz CT molecular complexity index is 942. The Balaban J connectivity index is 2.42. The maximum Gasteiger partial charge on any atom is 0.255 e. The van der Waals surface area contributed by atoms with E-state index in [0.717, 1.165) is 0 Å². The highest BCUT2D eigenvalue weighted by Crippen LogP contribution is 2.38. The number of methoxy groups -OCH3 is 5. The zero-order valence-electron chi connectivity index (χ0n) is 17.2. The van der Waals surface area contributed by atoms with Crippen LogP contribution in [0.15, 0.2) is 36.0 Å². The number of hydrogen-bond donors (Lipinski definition) is 1. The average molecular weight is 416 g/mol. The van der Waals surface area contributed by atoms with Crippen molar-refractivity contribution < 1.29 is 38.4 Å². The van der Waals surface area contributed by atoms with Crippen molar-refractivity contribution >= 4 is 18.0 Å². The standard InChI is InChI=1S/C21H23NO8/c1-26-14-7-6-12(16(11-14)27-2)8-15(21(24)25)22-20(23)13-9-17(28-3)19(30-5)18(10-13)29-4/h6-11H,1-5H3,(H,22,23)(H,24,25)/p-1/b15-8-. The summed E-state index contributed by atoms with van der Waals surface area (Å²) < 4.78 is 26.0. The van der Waals surface area contributed by atoms with Crippen LogP contribution in [0.25, 0.3) is 6.08 Å². The Morgan fingerprint density at radius 2 is 1.43 bits per heavy atom. The molecule has 160 valence electrons. The second-order valence-corrected chi connectivity index (χ2v) is 5.82. The summed E-state index contributed by atoms with van der Waals surface area (Å²) in [5.74, 6) is -0.604. The van der Waals surface area contributed by atoms with E-state index in [0.29, 0.717) is 22.8 Å². The number of carbonyl (C=O) groups excluding carboxylic acids is 2. The van der Waals surface area contributed by atoms with Gasteiger partial charge in [0, 0.05) is 17.2 Å². The van der Waals surface area contributed by atoms with Crippen LogP contribution < -0.4 is 34.1 Å². The lowest BCUT2D eigenvalue weighted by Gasteiger charge is -2.16. The summed E-state index contributed by atoms with van der Waals surface area (Å²) in [6.45, 7) is 0. The molecule has 30 heavy (non-hydrogen) atoms. The molecule has 0 saturated heterocycles. The lowest BCUT2D eigenvalue weighted by molar-refractivity contribution is -0.299. The monoisotopic (exact) mass is 416 g/mol. The van der Waals surface area contributed by atoms with Gasteiger partial charge in [0.25, 0.3) is 5.91 Å². The number of nitrogens with one attached hydrogen (secondary N) is 1. The van der Waals surface area contributed by atoms with E-state index in [1.165, 1.54) is 53.8 Å². The first-order valence-electron chi connectivity index (χ1n) is 8.64. The molecule has 0 atom stereocenters. The zero-order valence-corrected chi connectivity index (χ0v) is 17.2. The highest BCUT2D eigenvalue weighted by molar-refractivity contribution is 6.03. The second kappa shape index (κ2) is 10.1. The van der Waals surface area contributed by atoms with E-state index in [2.05, 4.69) is 5.32 Å². The first-order chi connectivity index (χ1) is 14.4. The Labute approximate surface area is 173 Å². The van der Waals surface area contributed by atoms with E-state index in [1.54, 1.807) is 18.2 Å². The Morgan fingerprint density at radius 1 is 0.833 bits per heavy atom. The van der Waals surface area contributed by atoms with Gasteiger partial charge >= 0.3 is 0 Å². The van der Waals surface area contributed by atoms with Gasteiger partial charge in [-0.3, -0.25) is 4.79 Å². The van der Waals surface area contributed by atoms with Crippen molar-refractivity contribution in [2.75, 3.05) is 35.5 Å². The van der Waals surface area contributed by atoms with E-state index in [-0.39, 0.29) is 17.1 Å². The molecule has 9 nitrogen and oxygen atoms in total. The average Bonchev–Trinajstić information content (AvgIpc) is 2.77. The van der Waals surface area contributed by atoms with Gasteiger partial charge in [0.2, 0.25) is 5.75 Å². The highest BCUT2D eigenvalue weighted by atomic mass is 16.5. The van der Waals surface area contributed by atoms with Gasteiger partial charge in [-0.05, 0) is 30.3 Å². The molecular weight excluding hydrogens is 394 g/mol. The number of ether oxygens (including phenoxy) is 5. The molecule has 2 aromatic carbocycles. The van der Waals surface area contributed by atoms with Crippen molar-refractivity contribution in [2.45, 2.75) is 0 Å². The SMILES string of the molecule is COc1ccc(/C=C(\NC(=O)c2cc(OC)c(OC)c(OC)c2)C(=O)[O-])c(OC)c1. The van der Waals surface area contributed by atoms with Gasteiger partial charge in [0.05, 0.1) is 47.2 Å². The number of carboxylic acids is 1. The molecule has 1 N–H and O–H groups in total. The lowest BCUT2D eigenvalue weighted by Crippen LogP contribution is -2.35. The highest BCUT2D eigenvalue weighted by Gasteiger charge is 2.18. The number of benzene rings is 2. The Kier molecular flexibility index (Phi) is 7.51. The van der Waals surface area contributed by atoms with Crippen LogP contribution in [0.4, 0.5) is 0 Å². The fourth-order valence-electron chi connectivity index (χ4n) is 2.65. The van der Waals surface area contributed by atoms with Crippen LogP contribution in [0.1, 0.15) is 15.9 Å². The second-order valence-electron chi connectivity index (χ2n) is 5.82. The Morgan fingerprint density at radius 3 is 1.90 bits per heavy atom. The molecule has 0 saturated carbocycles. The van der Waals surface area contributed by atoms with Gasteiger partial charge in [-0.25, -0.2) is 0 Å². The van der Waals surface area contributed by atoms with Gasteiger partial charge in [0.15, 0.2) is 11.5 Å². The predicted molar refractivity (Wildman–Crippen MR) is 106 cm³/mol. The molecule has 2 aromatic rings. The minimum atomic E-state index is -1.58. The fraction of sp³-hybridized carbons (Fsp3) is 0.238. The maximum atomic E-state index is 12.7. The third-order valence-electron chi connectivity index (χ3n) is 4.14. The van der Waals surface area contributed by atoms with Gasteiger partial charge in [-0.1, -0.05) is 0 Å². The van der Waals surface area contributed by atoms with Crippen molar-refractivity contribution in [2.24, 2.45) is 0 Å². The van der Waals surface area contributed by atoms with Crippen molar-refractivity contribution in [3.63, 3.8) is 0 Å². The molecule has 0 radical (unpaired) electrons. The molecule has 1 amide bonds. The van der Waals surface area contributed by atoms with Crippen LogP contribution in [0.3, 0.4) is 0 Å². The summed E-state index contributed by atoms with van der Waals surface area (Å²) in [5.41, 5.74) is 0.0401. The summed E-state index contributed by atoms with van der Waals surface area (Å²) in [6.07, 6.45) is 1.23. The van der Waals surface area contributed by atoms with Crippen LogP contribution >= 0.6 is 0 Å². The molecule has 2 rings (SSSR count). The van der Waals surface area contributed by atoms with E-state index in [9.17, 15) is 14.7 Å². The molecule has 0 aliphatic carbocycles. The molecular formula is C21H22NO8-. The number of aliphatic carboxylic acids is 1. The number of hydrogen-bond acceptors (Lipinski definition) is 8. The van der Waals surface area contributed by atoms with Crippen LogP contribution in [0.5, 0.6) is 28.7 Å². The third kappa shape index (κ3) is 4.93. The minimum Gasteiger partial charge on any atom is -0.543 e. The molecule has 0 spiro atoms. The first kappa shape index (κ1) is 22.4. The van der Waals surface area contributed by atoms with Gasteiger partial charge in [-0.2, -0.15) is 0 Å². The molecule has 0 aliphatic rings. The molecule has 0 bridgehead atoms. The number of amides is 1. The van der Waals surface area contributed by atoms with Gasteiger partial charge in [-0.15, -0.1) is 0 Å². The largest absolute Gasteiger partial charge is 0.543 e. The van der Waals surface area contributed by atoms with Crippen LogP contribution in [0, 0.1) is 0 Å². The Hall–Kier alpha value is -3.88. The van der Waals surface area contributed by atoms with Crippen LogP contribution in [-0.2, 0) is 4.79 Å². The zero-order chi connectivity index (χ0) is 22.3. The summed E-state index contributed by atoms with van der Waals surface area (Å²) >= 11 is 0. The van der Waals surface area contributed by atoms with Crippen molar-refractivity contribution in [3.05, 3.63) is 47.2 Å². The van der Waals surface area contributed by atoms with E-state index in [4.69, 9.17) is 23.7 Å². The quantitative estimate of drug-likeness (QED) is 0.608. The third-order valence-corrected chi connectivity index (χ3v) is 4.14. The minimum absolute atomic E-state index is 0.0957. The van der Waals surface area contributed by atoms with E-state index >= 15 is 0 Å². The molecule has 9 heteroatoms. The molecule has 0 fully saturated rings. The number of rotatable bonds is 9. The maximum absolute atomic E-state index is 12.7. The number of carboxylic acid groups (broad SMARTS) is 1. The summed E-state index contributed by atoms with van der Waals surface area (Å²) in [7, 11) is 7.16. The van der Waals surface area contributed by atoms with Gasteiger partial charge < -0.3 is 38.9 Å². The van der Waals surface area contributed by atoms with E-state index < -0.39 is 17.6 Å². The summed E-state index contributed by atoms with van der Waals surface area (Å²) in [4.78, 5) is 24.3. The molecule has 0 aromatic heterocycles. The van der Waals surface area contributed by atoms with Crippen molar-refractivity contribution in [1.29, 1.82) is 0 Å². The van der Waals surface area contributed by atoms with Crippen LogP contribution in [0.2, 0.25) is 0 Å². The molecule has 0 unspecified atom stereocenters. The summed E-state index contributed by atoms with van der Waals surface area (Å²) in [6, 6.07) is 7.60. The smallest absolute Gasteiger partial charge is 0.255 e. The molecule has 0 heterocycles. The van der Waals surface area contributed by atoms with Crippen molar-refractivity contribution in [3.8, 4) is 28.7 Å². The fourth-order valence-corrected chi connectivity index (χ4v) is 2.65. The van der Waals surface area contributed by atoms with Gasteiger partial charge in [0.1, 0.15) is 11.5 Å². The molecule has 0 aliphatic heterocycles. The number of carbonyl (C=O) groups is 2. The van der Waals surface area contributed by atoms with Crippen molar-refractivity contribution in [1.82, 2.24) is 5.32 Å². The summed E-state index contributed by atoms with van der Waals surface area (Å²) in [5, 5.41) is 13.9. The van der Waals surface area contributed by atoms with Crippen LogP contribution in [-0.4, -0.2) is 47.4 Å². The first-order valence-corrected chi connectivity index (χ1v) is 8.64. The predicted octanol–water partition coefficient (Wildman–Crippen LogP) is 1.25. The topological polar surface area (TPSA) is 115 Å².